The monoisotopic (exact) mass is 287 g/mol. The van der Waals surface area contributed by atoms with E-state index in [4.69, 9.17) is 0 Å². The second-order valence-corrected chi connectivity index (χ2v) is 7.37. The van der Waals surface area contributed by atoms with Gasteiger partial charge in [0.05, 0.1) is 0 Å². The minimum Gasteiger partial charge on any atom is -0.370 e. The predicted octanol–water partition coefficient (Wildman–Crippen LogP) is 4.47. The van der Waals surface area contributed by atoms with Crippen LogP contribution in [-0.2, 0) is 0 Å². The molecule has 2 rings (SSSR count). The lowest BCUT2D eigenvalue weighted by molar-refractivity contribution is 0.799. The molecule has 0 spiro atoms. The van der Waals surface area contributed by atoms with Crippen molar-refractivity contribution in [3.8, 4) is 11.4 Å². The SMILES string of the molecule is CCNc1cc(SC(C)(C)C)nc(-c2ccccc2)n1. The van der Waals surface area contributed by atoms with E-state index in [1.807, 2.05) is 36.4 Å². The van der Waals surface area contributed by atoms with E-state index in [0.717, 1.165) is 28.8 Å². The first-order valence-electron chi connectivity index (χ1n) is 6.85. The van der Waals surface area contributed by atoms with Gasteiger partial charge in [-0.05, 0) is 6.92 Å². The highest BCUT2D eigenvalue weighted by Gasteiger charge is 2.15. The van der Waals surface area contributed by atoms with Gasteiger partial charge in [-0.2, -0.15) is 0 Å². The van der Waals surface area contributed by atoms with Crippen LogP contribution in [0.25, 0.3) is 11.4 Å². The fourth-order valence-corrected chi connectivity index (χ4v) is 2.71. The van der Waals surface area contributed by atoms with Crippen molar-refractivity contribution in [1.29, 1.82) is 0 Å². The number of hydrogen-bond donors (Lipinski definition) is 1. The first-order valence-corrected chi connectivity index (χ1v) is 7.67. The number of thioether (sulfide) groups is 1. The number of nitrogens with one attached hydrogen (secondary N) is 1. The smallest absolute Gasteiger partial charge is 0.162 e. The Morgan fingerprint density at radius 1 is 1.10 bits per heavy atom. The summed E-state index contributed by atoms with van der Waals surface area (Å²) in [5.41, 5.74) is 1.04. The third-order valence-corrected chi connectivity index (χ3v) is 3.53. The first-order chi connectivity index (χ1) is 9.48. The molecule has 1 heterocycles. The van der Waals surface area contributed by atoms with Crippen LogP contribution < -0.4 is 5.32 Å². The lowest BCUT2D eigenvalue weighted by Gasteiger charge is -2.18. The molecule has 0 radical (unpaired) electrons. The molecule has 1 aromatic heterocycles. The van der Waals surface area contributed by atoms with Crippen molar-refractivity contribution < 1.29 is 0 Å². The Kier molecular flexibility index (Phi) is 4.65. The standard InChI is InChI=1S/C16H21N3S/c1-5-17-13-11-14(20-16(2,3)4)19-15(18-13)12-9-7-6-8-10-12/h6-11H,5H2,1-4H3,(H,17,18,19). The molecule has 0 aliphatic carbocycles. The van der Waals surface area contributed by atoms with Crippen LogP contribution in [0.15, 0.2) is 41.4 Å². The molecule has 0 atom stereocenters. The van der Waals surface area contributed by atoms with Crippen molar-refractivity contribution in [1.82, 2.24) is 9.97 Å². The summed E-state index contributed by atoms with van der Waals surface area (Å²) in [4.78, 5) is 9.27. The largest absolute Gasteiger partial charge is 0.370 e. The molecule has 20 heavy (non-hydrogen) atoms. The minimum atomic E-state index is 0.131. The fourth-order valence-electron chi connectivity index (χ4n) is 1.78. The van der Waals surface area contributed by atoms with Crippen molar-refractivity contribution in [2.75, 3.05) is 11.9 Å². The van der Waals surface area contributed by atoms with Gasteiger partial charge < -0.3 is 5.32 Å². The summed E-state index contributed by atoms with van der Waals surface area (Å²) < 4.78 is 0.131. The van der Waals surface area contributed by atoms with Crippen LogP contribution in [-0.4, -0.2) is 21.3 Å². The van der Waals surface area contributed by atoms with Crippen molar-refractivity contribution in [2.24, 2.45) is 0 Å². The van der Waals surface area contributed by atoms with E-state index >= 15 is 0 Å². The number of rotatable bonds is 4. The molecule has 0 fully saturated rings. The number of anilines is 1. The molecule has 4 heteroatoms. The quantitative estimate of drug-likeness (QED) is 0.665. The molecule has 3 nitrogen and oxygen atoms in total. The van der Waals surface area contributed by atoms with Crippen LogP contribution in [0.1, 0.15) is 27.7 Å². The molecule has 0 saturated heterocycles. The van der Waals surface area contributed by atoms with E-state index in [0.29, 0.717) is 0 Å². The molecule has 106 valence electrons. The van der Waals surface area contributed by atoms with Crippen LogP contribution in [0.5, 0.6) is 0 Å². The van der Waals surface area contributed by atoms with Crippen LogP contribution in [0.4, 0.5) is 5.82 Å². The van der Waals surface area contributed by atoms with Gasteiger partial charge in [-0.1, -0.05) is 51.1 Å². The predicted molar refractivity (Wildman–Crippen MR) is 87.2 cm³/mol. The van der Waals surface area contributed by atoms with Crippen molar-refractivity contribution in [3.63, 3.8) is 0 Å². The zero-order valence-electron chi connectivity index (χ0n) is 12.5. The molecule has 0 saturated carbocycles. The highest BCUT2D eigenvalue weighted by Crippen LogP contribution is 2.32. The van der Waals surface area contributed by atoms with Crippen LogP contribution in [0, 0.1) is 0 Å². The van der Waals surface area contributed by atoms with Crippen molar-refractivity contribution in [2.45, 2.75) is 37.5 Å². The number of hydrogen-bond acceptors (Lipinski definition) is 4. The summed E-state index contributed by atoms with van der Waals surface area (Å²) >= 11 is 1.76. The first kappa shape index (κ1) is 14.9. The van der Waals surface area contributed by atoms with Gasteiger partial charge >= 0.3 is 0 Å². The summed E-state index contributed by atoms with van der Waals surface area (Å²) in [7, 11) is 0. The Morgan fingerprint density at radius 3 is 2.40 bits per heavy atom. The Hall–Kier alpha value is -1.55. The second-order valence-electron chi connectivity index (χ2n) is 5.53. The minimum absolute atomic E-state index is 0.131. The van der Waals surface area contributed by atoms with Gasteiger partial charge in [0, 0.05) is 22.9 Å². The maximum absolute atomic E-state index is 4.68. The van der Waals surface area contributed by atoms with Gasteiger partial charge in [0.15, 0.2) is 5.82 Å². The summed E-state index contributed by atoms with van der Waals surface area (Å²) in [6, 6.07) is 12.1. The molecule has 0 aliphatic heterocycles. The van der Waals surface area contributed by atoms with E-state index in [9.17, 15) is 0 Å². The molecule has 1 aromatic carbocycles. The molecule has 0 bridgehead atoms. The third-order valence-electron chi connectivity index (χ3n) is 2.50. The molecule has 0 amide bonds. The molecule has 1 N–H and O–H groups in total. The van der Waals surface area contributed by atoms with E-state index < -0.39 is 0 Å². The maximum atomic E-state index is 4.68. The van der Waals surface area contributed by atoms with Gasteiger partial charge in [0.1, 0.15) is 10.8 Å². The molecular weight excluding hydrogens is 266 g/mol. The average Bonchev–Trinajstić information content (AvgIpc) is 2.38. The number of benzene rings is 1. The molecular formula is C16H21N3S. The van der Waals surface area contributed by atoms with Gasteiger partial charge in [0.2, 0.25) is 0 Å². The molecule has 0 aliphatic rings. The molecule has 0 unspecified atom stereocenters. The summed E-state index contributed by atoms with van der Waals surface area (Å²) in [5, 5.41) is 4.28. The lowest BCUT2D eigenvalue weighted by atomic mass is 10.2. The van der Waals surface area contributed by atoms with E-state index in [1.54, 1.807) is 11.8 Å². The van der Waals surface area contributed by atoms with E-state index in [-0.39, 0.29) is 4.75 Å². The Bertz CT molecular complexity index is 562. The van der Waals surface area contributed by atoms with E-state index in [1.165, 1.54) is 0 Å². The molecule has 2 aromatic rings. The van der Waals surface area contributed by atoms with Gasteiger partial charge in [-0.25, -0.2) is 9.97 Å². The van der Waals surface area contributed by atoms with Gasteiger partial charge in [-0.15, -0.1) is 11.8 Å². The maximum Gasteiger partial charge on any atom is 0.162 e. The van der Waals surface area contributed by atoms with Gasteiger partial charge in [-0.3, -0.25) is 0 Å². The normalized spacial score (nSPS) is 11.4. The summed E-state index contributed by atoms with van der Waals surface area (Å²) in [6.07, 6.45) is 0. The zero-order chi connectivity index (χ0) is 14.6. The summed E-state index contributed by atoms with van der Waals surface area (Å²) in [5.74, 6) is 1.66. The van der Waals surface area contributed by atoms with E-state index in [2.05, 4.69) is 43.0 Å². The highest BCUT2D eigenvalue weighted by molar-refractivity contribution is 8.00. The van der Waals surface area contributed by atoms with Crippen LogP contribution in [0.2, 0.25) is 0 Å². The fraction of sp³-hybridized carbons (Fsp3) is 0.375. The number of nitrogens with zero attached hydrogens (tertiary/aromatic N) is 2. The Labute approximate surface area is 125 Å². The summed E-state index contributed by atoms with van der Waals surface area (Å²) in [6.45, 7) is 9.49. The number of aromatic nitrogens is 2. The average molecular weight is 287 g/mol. The topological polar surface area (TPSA) is 37.8 Å². The Balaban J connectivity index is 2.41. The van der Waals surface area contributed by atoms with Gasteiger partial charge in [0.25, 0.3) is 0 Å². The third kappa shape index (κ3) is 4.23. The second kappa shape index (κ2) is 6.27. The van der Waals surface area contributed by atoms with Crippen LogP contribution >= 0.6 is 11.8 Å². The zero-order valence-corrected chi connectivity index (χ0v) is 13.3. The lowest BCUT2D eigenvalue weighted by Crippen LogP contribution is -2.09. The van der Waals surface area contributed by atoms with Crippen molar-refractivity contribution in [3.05, 3.63) is 36.4 Å². The van der Waals surface area contributed by atoms with Crippen molar-refractivity contribution >= 4 is 17.6 Å². The van der Waals surface area contributed by atoms with Crippen LogP contribution in [0.3, 0.4) is 0 Å². The highest BCUT2D eigenvalue weighted by atomic mass is 32.2. The Morgan fingerprint density at radius 2 is 1.80 bits per heavy atom.